The van der Waals surface area contributed by atoms with Crippen LogP contribution in [0.3, 0.4) is 0 Å². The maximum absolute atomic E-state index is 5.88. The van der Waals surface area contributed by atoms with Gasteiger partial charge in [-0.3, -0.25) is 0 Å². The van der Waals surface area contributed by atoms with Crippen molar-refractivity contribution in [2.45, 2.75) is 24.6 Å². The van der Waals surface area contributed by atoms with Crippen molar-refractivity contribution < 1.29 is 4.74 Å². The van der Waals surface area contributed by atoms with Crippen LogP contribution in [0.15, 0.2) is 24.3 Å². The quantitative estimate of drug-likeness (QED) is 0.524. The molecule has 15 heavy (non-hydrogen) atoms. The van der Waals surface area contributed by atoms with Crippen LogP contribution in [0.1, 0.15) is 19.3 Å². The molecule has 0 aliphatic rings. The van der Waals surface area contributed by atoms with Crippen LogP contribution >= 0.6 is 23.2 Å². The van der Waals surface area contributed by atoms with Crippen molar-refractivity contribution in [1.82, 2.24) is 0 Å². The molecule has 0 saturated heterocycles. The molecule has 0 spiro atoms. The van der Waals surface area contributed by atoms with Crippen LogP contribution in [0.2, 0.25) is 0 Å². The van der Waals surface area contributed by atoms with E-state index in [1.165, 1.54) is 0 Å². The van der Waals surface area contributed by atoms with E-state index in [4.69, 9.17) is 27.9 Å². The van der Waals surface area contributed by atoms with Crippen molar-refractivity contribution in [2.24, 2.45) is 0 Å². The second-order valence-corrected chi connectivity index (χ2v) is 4.26. The summed E-state index contributed by atoms with van der Waals surface area (Å²) in [6.45, 7) is 0.726. The minimum absolute atomic E-state index is 0.0942. The normalized spacial score (nSPS) is 12.4. The third-order valence-electron chi connectivity index (χ3n) is 2.03. The Morgan fingerprint density at radius 1 is 1.40 bits per heavy atom. The highest BCUT2D eigenvalue weighted by molar-refractivity contribution is 6.28. The summed E-state index contributed by atoms with van der Waals surface area (Å²) < 4.78 is 5.51. The number of alkyl halides is 2. The van der Waals surface area contributed by atoms with Crippen LogP contribution in [-0.4, -0.2) is 17.9 Å². The van der Waals surface area contributed by atoms with Crippen LogP contribution in [0.5, 0.6) is 5.75 Å². The largest absolute Gasteiger partial charge is 0.494 e. The molecular weight excluding hydrogens is 231 g/mol. The van der Waals surface area contributed by atoms with E-state index in [2.05, 4.69) is 6.07 Å². The number of hydrogen-bond donors (Lipinski definition) is 0. The molecule has 0 fully saturated rings. The molecule has 3 heteroatoms. The average molecular weight is 246 g/mol. The van der Waals surface area contributed by atoms with Gasteiger partial charge in [-0.15, -0.1) is 23.2 Å². The first kappa shape index (κ1) is 12.7. The van der Waals surface area contributed by atoms with Crippen molar-refractivity contribution in [3.63, 3.8) is 0 Å². The Morgan fingerprint density at radius 3 is 2.93 bits per heavy atom. The van der Waals surface area contributed by atoms with E-state index in [0.29, 0.717) is 5.88 Å². The standard InChI is InChI=1S/C12H15Cl2O/c13-10-11(14)6-4-5-9-15-12-7-2-1-3-8-12/h1-2,7-8,11H,4-6,9-10H2. The van der Waals surface area contributed by atoms with Gasteiger partial charge in [-0.05, 0) is 37.5 Å². The number of rotatable bonds is 7. The number of ether oxygens (including phenoxy) is 1. The van der Waals surface area contributed by atoms with Gasteiger partial charge in [0.1, 0.15) is 5.75 Å². The van der Waals surface area contributed by atoms with Crippen molar-refractivity contribution in [3.8, 4) is 5.75 Å². The van der Waals surface area contributed by atoms with Crippen LogP contribution in [-0.2, 0) is 0 Å². The molecular formula is C12H15Cl2O. The second kappa shape index (κ2) is 7.84. The van der Waals surface area contributed by atoms with Crippen molar-refractivity contribution >= 4 is 23.2 Å². The minimum atomic E-state index is 0.0942. The first-order valence-electron chi connectivity index (χ1n) is 5.12. The zero-order valence-electron chi connectivity index (χ0n) is 8.59. The summed E-state index contributed by atoms with van der Waals surface area (Å²) in [5.74, 6) is 1.40. The lowest BCUT2D eigenvalue weighted by molar-refractivity contribution is 0.305. The molecule has 0 aliphatic carbocycles. The van der Waals surface area contributed by atoms with Gasteiger partial charge < -0.3 is 4.74 Å². The lowest BCUT2D eigenvalue weighted by Crippen LogP contribution is -2.02. The molecule has 0 amide bonds. The molecule has 1 aromatic rings. The number of benzene rings is 1. The highest BCUT2D eigenvalue weighted by Crippen LogP contribution is 2.11. The lowest BCUT2D eigenvalue weighted by Gasteiger charge is -2.07. The lowest BCUT2D eigenvalue weighted by atomic mass is 10.2. The van der Waals surface area contributed by atoms with Gasteiger partial charge >= 0.3 is 0 Å². The third-order valence-corrected chi connectivity index (χ3v) is 2.93. The fourth-order valence-corrected chi connectivity index (χ4v) is 1.51. The van der Waals surface area contributed by atoms with Gasteiger partial charge in [0.2, 0.25) is 0 Å². The van der Waals surface area contributed by atoms with E-state index in [0.717, 1.165) is 31.6 Å². The van der Waals surface area contributed by atoms with E-state index in [1.807, 2.05) is 24.3 Å². The number of unbranched alkanes of at least 4 members (excludes halogenated alkanes) is 1. The van der Waals surface area contributed by atoms with E-state index < -0.39 is 0 Å². The van der Waals surface area contributed by atoms with Crippen molar-refractivity contribution in [3.05, 3.63) is 30.3 Å². The van der Waals surface area contributed by atoms with Gasteiger partial charge in [-0.2, -0.15) is 0 Å². The highest BCUT2D eigenvalue weighted by atomic mass is 35.5. The fraction of sp³-hybridized carbons (Fsp3) is 0.500. The number of hydrogen-bond acceptors (Lipinski definition) is 1. The molecule has 0 aliphatic heterocycles. The first-order chi connectivity index (χ1) is 7.33. The van der Waals surface area contributed by atoms with Crippen LogP contribution in [0, 0.1) is 6.07 Å². The molecule has 1 atom stereocenters. The van der Waals surface area contributed by atoms with Gasteiger partial charge in [0.15, 0.2) is 0 Å². The third kappa shape index (κ3) is 5.91. The maximum Gasteiger partial charge on any atom is 0.119 e. The van der Waals surface area contributed by atoms with E-state index in [9.17, 15) is 0 Å². The molecule has 0 aromatic heterocycles. The Bertz CT molecular complexity index is 251. The Hall–Kier alpha value is -0.400. The first-order valence-corrected chi connectivity index (χ1v) is 6.09. The molecule has 83 valence electrons. The summed E-state index contributed by atoms with van der Waals surface area (Å²) in [7, 11) is 0. The molecule has 1 nitrogen and oxygen atoms in total. The predicted octanol–water partition coefficient (Wildman–Crippen LogP) is 3.88. The van der Waals surface area contributed by atoms with Crippen molar-refractivity contribution in [2.75, 3.05) is 12.5 Å². The van der Waals surface area contributed by atoms with Gasteiger partial charge in [-0.1, -0.05) is 12.1 Å². The van der Waals surface area contributed by atoms with E-state index >= 15 is 0 Å². The monoisotopic (exact) mass is 245 g/mol. The zero-order valence-corrected chi connectivity index (χ0v) is 10.1. The smallest absolute Gasteiger partial charge is 0.119 e. The predicted molar refractivity (Wildman–Crippen MR) is 65.0 cm³/mol. The fourth-order valence-electron chi connectivity index (χ4n) is 1.20. The summed E-state index contributed by atoms with van der Waals surface area (Å²) in [5.41, 5.74) is 0. The van der Waals surface area contributed by atoms with Gasteiger partial charge in [0, 0.05) is 11.3 Å². The Balaban J connectivity index is 2.03. The summed E-state index contributed by atoms with van der Waals surface area (Å²) in [6, 6.07) is 10.5. The van der Waals surface area contributed by atoms with Crippen LogP contribution in [0.25, 0.3) is 0 Å². The van der Waals surface area contributed by atoms with Crippen LogP contribution < -0.4 is 4.74 Å². The van der Waals surface area contributed by atoms with Gasteiger partial charge in [-0.25, -0.2) is 0 Å². The number of halogens is 2. The zero-order chi connectivity index (χ0) is 10.9. The summed E-state index contributed by atoms with van der Waals surface area (Å²) in [6.07, 6.45) is 3.02. The van der Waals surface area contributed by atoms with Crippen LogP contribution in [0.4, 0.5) is 0 Å². The maximum atomic E-state index is 5.88. The van der Waals surface area contributed by atoms with E-state index in [-0.39, 0.29) is 5.38 Å². The second-order valence-electron chi connectivity index (χ2n) is 3.33. The Morgan fingerprint density at radius 2 is 2.27 bits per heavy atom. The molecule has 1 aromatic carbocycles. The molecule has 1 unspecified atom stereocenters. The Labute approximate surface area is 101 Å². The van der Waals surface area contributed by atoms with Gasteiger partial charge in [0.25, 0.3) is 0 Å². The average Bonchev–Trinajstić information content (AvgIpc) is 2.29. The molecule has 0 N–H and O–H groups in total. The van der Waals surface area contributed by atoms with Crippen molar-refractivity contribution in [1.29, 1.82) is 0 Å². The molecule has 0 bridgehead atoms. The summed E-state index contributed by atoms with van der Waals surface area (Å²) in [5, 5.41) is 0.0942. The summed E-state index contributed by atoms with van der Waals surface area (Å²) >= 11 is 11.5. The molecule has 1 rings (SSSR count). The summed E-state index contributed by atoms with van der Waals surface area (Å²) in [4.78, 5) is 0. The highest BCUT2D eigenvalue weighted by Gasteiger charge is 2.01. The SMILES string of the molecule is ClCC(Cl)CCCCOc1c[c]ccc1. The molecule has 0 heterocycles. The molecule has 1 radical (unpaired) electrons. The van der Waals surface area contributed by atoms with Gasteiger partial charge in [0.05, 0.1) is 6.61 Å². The van der Waals surface area contributed by atoms with E-state index in [1.54, 1.807) is 0 Å². The Kier molecular flexibility index (Phi) is 6.62. The minimum Gasteiger partial charge on any atom is -0.494 e. The molecule has 0 saturated carbocycles. The topological polar surface area (TPSA) is 9.23 Å².